The van der Waals surface area contributed by atoms with Crippen molar-refractivity contribution >= 4 is 141 Å². The lowest BCUT2D eigenvalue weighted by atomic mass is 9.81. The van der Waals surface area contributed by atoms with Gasteiger partial charge < -0.3 is 73.6 Å². The largest absolute Gasteiger partial charge is 0.507 e. The fourth-order valence-corrected chi connectivity index (χ4v) is 21.8. The molecule has 0 spiro atoms. The van der Waals surface area contributed by atoms with Crippen LogP contribution in [0.4, 0.5) is 0 Å². The summed E-state index contributed by atoms with van der Waals surface area (Å²) in [6.45, 7) is 76.2. The second kappa shape index (κ2) is 43.8. The van der Waals surface area contributed by atoms with Crippen molar-refractivity contribution in [1.29, 1.82) is 0 Å². The lowest BCUT2D eigenvalue weighted by molar-refractivity contribution is 0.406. The second-order valence-electron chi connectivity index (χ2n) is 46.5. The minimum absolute atomic E-state index is 0.0839. The molecular formula is C120H148Cl4O16P4. The van der Waals surface area contributed by atoms with Gasteiger partial charge in [-0.1, -0.05) is 248 Å². The molecule has 0 bridgehead atoms. The minimum atomic E-state index is -2.14. The Morgan fingerprint density at radius 2 is 0.417 bits per heavy atom. The third-order valence-electron chi connectivity index (χ3n) is 25.4. The molecule has 4 N–H and O–H groups in total. The Labute approximate surface area is 876 Å². The van der Waals surface area contributed by atoms with Crippen LogP contribution in [0.15, 0.2) is 171 Å². The molecule has 3 heterocycles. The van der Waals surface area contributed by atoms with E-state index in [4.69, 9.17) is 98.1 Å². The number of fused-ring (bicyclic) bond motifs is 9. The van der Waals surface area contributed by atoms with E-state index >= 15 is 0 Å². The summed E-state index contributed by atoms with van der Waals surface area (Å²) < 4.78 is 78.4. The van der Waals surface area contributed by atoms with Gasteiger partial charge in [-0.15, -0.1) is 0 Å². The van der Waals surface area contributed by atoms with E-state index in [0.717, 1.165) is 177 Å². The van der Waals surface area contributed by atoms with Gasteiger partial charge in [0.05, 0.1) is 28.4 Å². The summed E-state index contributed by atoms with van der Waals surface area (Å²) in [4.78, 5) is 0. The Balaban J connectivity index is 0.000000215. The number of rotatable bonds is 11. The third-order valence-corrected chi connectivity index (χ3v) is 28.5. The predicted molar refractivity (Wildman–Crippen MR) is 612 cm³/mol. The average molecular weight is 2110 g/mol. The zero-order valence-corrected chi connectivity index (χ0v) is 98.4. The first-order valence-corrected chi connectivity index (χ1v) is 56.8. The van der Waals surface area contributed by atoms with E-state index in [1.54, 1.807) is 34.5 Å². The number of hydrogen-bond donors (Lipinski definition) is 4. The third kappa shape index (κ3) is 26.2. The van der Waals surface area contributed by atoms with Crippen LogP contribution in [-0.4, -0.2) is 48.9 Å². The summed E-state index contributed by atoms with van der Waals surface area (Å²) in [7, 11) is 0.861. The van der Waals surface area contributed by atoms with E-state index < -0.39 is 29.8 Å². The van der Waals surface area contributed by atoms with Gasteiger partial charge in [0, 0.05) is 121 Å². The molecule has 0 aliphatic carbocycles. The fraction of sp³-hybridized carbons (Fsp3) is 0.400. The van der Waals surface area contributed by atoms with Gasteiger partial charge in [0.2, 0.25) is 0 Å². The molecular weight excluding hydrogens is 1960 g/mol. The molecule has 24 heteroatoms. The number of aryl methyl sites for hydroxylation is 12. The first-order valence-electron chi connectivity index (χ1n) is 48.5. The van der Waals surface area contributed by atoms with Crippen molar-refractivity contribution in [3.8, 4) is 90.9 Å². The SMILES string of the molecule is COc1cc(-c2cc(C)cc(C(C)(C)C)c2O)c(O)c(C(C)(C)C)c1.COc1cc(C(C)(C)C)c2op(Cl)oc3c(C(C)(C)C)cc(C)cc3c2c1.COc1cc(C(C)(C)C)c2op(Oc3c(C)cc(C)cc3-c3cc(C)cc(C)c3Op3oc4c(C(C)(C)C)cc(C)cc4c4cc(C)cc(C(C)(C)C)c4o3)oc3c(C(C)(C)C)cc(OC)cc3c2c1.Cc1cc(C)c(O)c(-c2cc(C)cc(C)c2O)c1.ClP(Cl)Cl. The molecule has 0 radical (unpaired) electrons. The maximum atomic E-state index is 10.9. The van der Waals surface area contributed by atoms with Crippen LogP contribution in [0.1, 0.15) is 277 Å². The molecule has 1 atom stereocenters. The number of benzene rings is 12. The number of hydrogen-bond acceptors (Lipinski definition) is 16. The van der Waals surface area contributed by atoms with Crippen molar-refractivity contribution in [3.05, 3.63) is 257 Å². The summed E-state index contributed by atoms with van der Waals surface area (Å²) in [5, 5.41) is 47.9. The summed E-state index contributed by atoms with van der Waals surface area (Å²) in [5.74, 6) is 3.82. The zero-order chi connectivity index (χ0) is 107. The summed E-state index contributed by atoms with van der Waals surface area (Å²) in [6.07, 6.45) is 0. The van der Waals surface area contributed by atoms with E-state index in [0.29, 0.717) is 62.2 Å². The number of halogens is 4. The van der Waals surface area contributed by atoms with Gasteiger partial charge in [0.15, 0.2) is 5.98 Å². The molecule has 0 saturated heterocycles. The lowest BCUT2D eigenvalue weighted by Crippen LogP contribution is -2.13. The van der Waals surface area contributed by atoms with E-state index in [1.165, 1.54) is 5.56 Å². The molecule has 15 rings (SSSR count). The predicted octanol–water partition coefficient (Wildman–Crippen LogP) is 40.1. The lowest BCUT2D eigenvalue weighted by Gasteiger charge is -2.26. The highest BCUT2D eigenvalue weighted by Gasteiger charge is 2.34. The smallest absolute Gasteiger partial charge is 0.453 e. The van der Waals surface area contributed by atoms with Crippen LogP contribution < -0.4 is 28.0 Å². The van der Waals surface area contributed by atoms with Gasteiger partial charge in [-0.05, 0) is 290 Å². The van der Waals surface area contributed by atoms with Crippen molar-refractivity contribution in [2.24, 2.45) is 0 Å². The Morgan fingerprint density at radius 1 is 0.229 bits per heavy atom. The molecule has 0 fully saturated rings. The molecule has 0 saturated carbocycles. The molecule has 16 nitrogen and oxygen atoms in total. The van der Waals surface area contributed by atoms with Crippen LogP contribution in [0.5, 0.6) is 57.5 Å². The molecule has 0 aliphatic heterocycles. The van der Waals surface area contributed by atoms with E-state index in [2.05, 4.69) is 267 Å². The van der Waals surface area contributed by atoms with Crippen molar-refractivity contribution in [2.45, 2.75) is 293 Å². The van der Waals surface area contributed by atoms with Gasteiger partial charge in [-0.2, -0.15) is 0 Å². The van der Waals surface area contributed by atoms with Crippen LogP contribution in [0.2, 0.25) is 0 Å². The highest BCUT2D eigenvalue weighted by molar-refractivity contribution is 8.20. The number of phenols is 4. The monoisotopic (exact) mass is 2110 g/mol. The molecule has 0 amide bonds. The molecule has 0 aliphatic rings. The number of aromatic hydroxyl groups is 4. The molecule has 144 heavy (non-hydrogen) atoms. The van der Waals surface area contributed by atoms with Crippen molar-refractivity contribution in [1.82, 2.24) is 0 Å². The normalized spacial score (nSPS) is 12.3. The summed E-state index contributed by atoms with van der Waals surface area (Å²) >= 11 is 21.1. The zero-order valence-electron chi connectivity index (χ0n) is 91.8. The van der Waals surface area contributed by atoms with Crippen molar-refractivity contribution in [2.75, 3.05) is 28.4 Å². The average Bonchev–Trinajstić information content (AvgIpc) is 1.53. The number of ether oxygens (including phenoxy) is 4. The Bertz CT molecular complexity index is 7310. The standard InChI is InChI=1S/C60H72O8P2.C22H28ClO3P.C22H30O3.C16H18O2.Cl3P/c1-33-21-37(5)51(63-69-65-53-43(25-35(3)27-47(53)57(7,8)9)44-26-36(4)28-48(54(44)66-69)58(10,11)12)41(23-33)42-24-34(2)22-38(6)52(42)64-70-67-55-45(29-39(61-19)31-49(55)59(13,14)15)46-30-40(62-20)32-50(56(46)68-70)60(16,17)18;1-13-9-15-16-11-14(24-8)12-18(22(5,6)7)20(16)26-27(23)25-19(15)17(10-13)21(2,3)4;1-13-9-15(19(23)17(10-13)21(2,3)4)16-11-14(25-8)12-18(20(16)24)22(5,6)7;1-9-5-11(3)15(17)13(7-9)14-8-10(2)6-12(4)16(14)18;1-4(2)3/h21-32H,1-20H3;9-12H,1-8H3;9-12,23-24H,1-8H3;5-8,17-18H,1-4H3;. The van der Waals surface area contributed by atoms with E-state index in [-0.39, 0.29) is 66.3 Å². The number of phenolic OH excluding ortho intramolecular Hbond substituents is 4. The maximum absolute atomic E-state index is 10.9. The van der Waals surface area contributed by atoms with Crippen molar-refractivity contribution < 1.29 is 73.6 Å². The van der Waals surface area contributed by atoms with Gasteiger partial charge in [-0.3, -0.25) is 0 Å². The van der Waals surface area contributed by atoms with Gasteiger partial charge in [0.25, 0.3) is 0 Å². The van der Waals surface area contributed by atoms with Gasteiger partial charge in [0.1, 0.15) is 91.0 Å². The Hall–Kier alpha value is -10.1. The summed E-state index contributed by atoms with van der Waals surface area (Å²) in [5.41, 5.74) is 27.2. The second-order valence-corrected chi connectivity index (χ2v) is 55.0. The molecule has 12 aromatic carbocycles. The Kier molecular flexibility index (Phi) is 34.7. The van der Waals surface area contributed by atoms with Crippen LogP contribution in [0.25, 0.3) is 99.2 Å². The highest BCUT2D eigenvalue weighted by atomic mass is 36.0. The molecule has 15 aromatic rings. The van der Waals surface area contributed by atoms with Crippen LogP contribution in [-0.2, 0) is 43.3 Å². The van der Waals surface area contributed by atoms with Gasteiger partial charge in [-0.25, -0.2) is 0 Å². The quantitative estimate of drug-likeness (QED) is 0.0886. The first-order chi connectivity index (χ1) is 66.4. The molecule has 3 aromatic heterocycles. The van der Waals surface area contributed by atoms with E-state index in [1.807, 2.05) is 122 Å². The highest BCUT2D eigenvalue weighted by Crippen LogP contribution is 2.56. The maximum Gasteiger partial charge on any atom is 0.453 e. The fourth-order valence-electron chi connectivity index (χ4n) is 18.3. The van der Waals surface area contributed by atoms with Gasteiger partial charge >= 0.3 is 23.8 Å². The summed E-state index contributed by atoms with van der Waals surface area (Å²) in [6, 6.07) is 49.2. The van der Waals surface area contributed by atoms with Crippen molar-refractivity contribution in [3.63, 3.8) is 0 Å². The van der Waals surface area contributed by atoms with Crippen LogP contribution in [0.3, 0.4) is 0 Å². The van der Waals surface area contributed by atoms with Crippen LogP contribution >= 0.6 is 74.8 Å². The first kappa shape index (κ1) is 114. The van der Waals surface area contributed by atoms with E-state index in [9.17, 15) is 20.4 Å². The number of methoxy groups -OCH3 is 4. The Morgan fingerprint density at radius 3 is 0.681 bits per heavy atom. The minimum Gasteiger partial charge on any atom is -0.507 e. The molecule has 1 unspecified atom stereocenters. The topological polar surface area (TPSA) is 215 Å². The van der Waals surface area contributed by atoms with Crippen LogP contribution in [0, 0.1) is 83.1 Å². The molecule has 772 valence electrons.